The second-order valence-electron chi connectivity index (χ2n) is 5.20. The van der Waals surface area contributed by atoms with Crippen molar-refractivity contribution in [1.82, 2.24) is 0 Å². The Balaban J connectivity index is 1.87. The molecule has 0 aliphatic rings. The van der Waals surface area contributed by atoms with E-state index in [0.717, 1.165) is 15.7 Å². The largest absolute Gasteiger partial charge is 0.484 e. The summed E-state index contributed by atoms with van der Waals surface area (Å²) in [7, 11) is 0. The van der Waals surface area contributed by atoms with Crippen molar-refractivity contribution >= 4 is 34.2 Å². The highest BCUT2D eigenvalue weighted by atomic mass is 127. The molecule has 116 valence electrons. The maximum atomic E-state index is 11.9. The van der Waals surface area contributed by atoms with E-state index in [1.807, 2.05) is 36.4 Å². The van der Waals surface area contributed by atoms with Gasteiger partial charge >= 0.3 is 0 Å². The summed E-state index contributed by atoms with van der Waals surface area (Å²) < 4.78 is 6.54. The smallest absolute Gasteiger partial charge is 0.262 e. The molecule has 22 heavy (non-hydrogen) atoms. The number of carbonyl (C=O) groups excluding carboxylic acids is 1. The highest BCUT2D eigenvalue weighted by molar-refractivity contribution is 14.1. The van der Waals surface area contributed by atoms with Gasteiger partial charge in [-0.2, -0.15) is 0 Å². The van der Waals surface area contributed by atoms with Gasteiger partial charge in [0.2, 0.25) is 0 Å². The highest BCUT2D eigenvalue weighted by Gasteiger charge is 2.07. The number of amides is 1. The molecule has 0 heterocycles. The minimum atomic E-state index is -0.157. The van der Waals surface area contributed by atoms with Crippen LogP contribution in [0.3, 0.4) is 0 Å². The second kappa shape index (κ2) is 8.17. The first-order valence-corrected chi connectivity index (χ1v) is 8.45. The van der Waals surface area contributed by atoms with Gasteiger partial charge in [0.25, 0.3) is 5.91 Å². The van der Waals surface area contributed by atoms with Gasteiger partial charge in [0, 0.05) is 3.57 Å². The number of benzene rings is 2. The molecule has 0 aliphatic heterocycles. The number of hydrogen-bond acceptors (Lipinski definition) is 2. The van der Waals surface area contributed by atoms with E-state index < -0.39 is 0 Å². The van der Waals surface area contributed by atoms with Crippen LogP contribution < -0.4 is 10.1 Å². The third-order valence-electron chi connectivity index (χ3n) is 3.58. The fourth-order valence-electron chi connectivity index (χ4n) is 2.03. The van der Waals surface area contributed by atoms with Crippen LogP contribution in [0.1, 0.15) is 31.7 Å². The number of nitrogens with one attached hydrogen (secondary N) is 1. The first-order valence-electron chi connectivity index (χ1n) is 7.37. The Morgan fingerprint density at radius 3 is 2.50 bits per heavy atom. The number of rotatable bonds is 6. The SMILES string of the molecule is CCC(C)c1ccc(OCC(=O)Nc2ccccc2I)cc1. The van der Waals surface area contributed by atoms with Gasteiger partial charge < -0.3 is 10.1 Å². The Kier molecular flexibility index (Phi) is 6.24. The van der Waals surface area contributed by atoms with Crippen LogP contribution in [-0.2, 0) is 4.79 Å². The Bertz CT molecular complexity index is 625. The van der Waals surface area contributed by atoms with Crippen molar-refractivity contribution in [2.45, 2.75) is 26.2 Å². The Hall–Kier alpha value is -1.56. The molecule has 2 rings (SSSR count). The lowest BCUT2D eigenvalue weighted by molar-refractivity contribution is -0.118. The number of ether oxygens (including phenoxy) is 1. The first kappa shape index (κ1) is 16.8. The van der Waals surface area contributed by atoms with Gasteiger partial charge in [0.05, 0.1) is 5.69 Å². The third-order valence-corrected chi connectivity index (χ3v) is 4.52. The lowest BCUT2D eigenvalue weighted by Gasteiger charge is -2.11. The first-order chi connectivity index (χ1) is 10.6. The zero-order valence-corrected chi connectivity index (χ0v) is 15.0. The van der Waals surface area contributed by atoms with Gasteiger partial charge in [-0.1, -0.05) is 38.1 Å². The van der Waals surface area contributed by atoms with Crippen LogP contribution in [0.4, 0.5) is 5.69 Å². The van der Waals surface area contributed by atoms with Crippen molar-refractivity contribution in [2.24, 2.45) is 0 Å². The lowest BCUT2D eigenvalue weighted by atomic mass is 9.99. The van der Waals surface area contributed by atoms with E-state index in [9.17, 15) is 4.79 Å². The van der Waals surface area contributed by atoms with Crippen LogP contribution in [0.15, 0.2) is 48.5 Å². The molecule has 0 bridgehead atoms. The maximum Gasteiger partial charge on any atom is 0.262 e. The summed E-state index contributed by atoms with van der Waals surface area (Å²) in [6.07, 6.45) is 1.11. The average molecular weight is 409 g/mol. The highest BCUT2D eigenvalue weighted by Crippen LogP contribution is 2.21. The van der Waals surface area contributed by atoms with E-state index in [2.05, 4.69) is 53.9 Å². The fourth-order valence-corrected chi connectivity index (χ4v) is 2.55. The summed E-state index contributed by atoms with van der Waals surface area (Å²) in [5.41, 5.74) is 2.10. The molecule has 2 aromatic carbocycles. The number of anilines is 1. The summed E-state index contributed by atoms with van der Waals surface area (Å²) >= 11 is 2.19. The van der Waals surface area contributed by atoms with Crippen LogP contribution in [0, 0.1) is 3.57 Å². The summed E-state index contributed by atoms with van der Waals surface area (Å²) in [5.74, 6) is 1.09. The van der Waals surface area contributed by atoms with Crippen LogP contribution in [0.25, 0.3) is 0 Å². The molecule has 0 spiro atoms. The zero-order chi connectivity index (χ0) is 15.9. The average Bonchev–Trinajstić information content (AvgIpc) is 2.55. The molecule has 1 amide bonds. The minimum absolute atomic E-state index is 0.00759. The number of hydrogen-bond donors (Lipinski definition) is 1. The van der Waals surface area contributed by atoms with Crippen molar-refractivity contribution in [3.63, 3.8) is 0 Å². The molecule has 1 N–H and O–H groups in total. The Morgan fingerprint density at radius 1 is 1.18 bits per heavy atom. The van der Waals surface area contributed by atoms with E-state index >= 15 is 0 Å². The molecule has 0 saturated carbocycles. The predicted molar refractivity (Wildman–Crippen MR) is 98.4 cm³/mol. The number of para-hydroxylation sites is 1. The van der Waals surface area contributed by atoms with Crippen LogP contribution in [0.2, 0.25) is 0 Å². The lowest BCUT2D eigenvalue weighted by Crippen LogP contribution is -2.20. The van der Waals surface area contributed by atoms with E-state index in [4.69, 9.17) is 4.74 Å². The quantitative estimate of drug-likeness (QED) is 0.695. The number of carbonyl (C=O) groups is 1. The molecule has 0 aromatic heterocycles. The van der Waals surface area contributed by atoms with E-state index in [1.54, 1.807) is 0 Å². The molecule has 0 aliphatic carbocycles. The van der Waals surface area contributed by atoms with Crippen LogP contribution in [0.5, 0.6) is 5.75 Å². The molecule has 1 atom stereocenters. The van der Waals surface area contributed by atoms with E-state index in [1.165, 1.54) is 5.56 Å². The predicted octanol–water partition coefficient (Wildman–Crippen LogP) is 4.82. The maximum absolute atomic E-state index is 11.9. The molecule has 3 nitrogen and oxygen atoms in total. The monoisotopic (exact) mass is 409 g/mol. The molecule has 4 heteroatoms. The Morgan fingerprint density at radius 2 is 1.86 bits per heavy atom. The van der Waals surface area contributed by atoms with E-state index in [-0.39, 0.29) is 12.5 Å². The molecule has 0 fully saturated rings. The van der Waals surface area contributed by atoms with E-state index in [0.29, 0.717) is 11.7 Å². The van der Waals surface area contributed by atoms with Crippen LogP contribution in [-0.4, -0.2) is 12.5 Å². The Labute approximate surface area is 145 Å². The fraction of sp³-hybridized carbons (Fsp3) is 0.278. The number of halogens is 1. The van der Waals surface area contributed by atoms with Crippen molar-refractivity contribution in [1.29, 1.82) is 0 Å². The molecule has 1 unspecified atom stereocenters. The van der Waals surface area contributed by atoms with Crippen molar-refractivity contribution in [3.8, 4) is 5.75 Å². The van der Waals surface area contributed by atoms with Gasteiger partial charge in [0.1, 0.15) is 5.75 Å². The molecular formula is C18H20INO2. The molecule has 2 aromatic rings. The molecule has 0 radical (unpaired) electrons. The van der Waals surface area contributed by atoms with Crippen molar-refractivity contribution in [2.75, 3.05) is 11.9 Å². The second-order valence-corrected chi connectivity index (χ2v) is 6.36. The summed E-state index contributed by atoms with van der Waals surface area (Å²) in [6, 6.07) is 15.6. The minimum Gasteiger partial charge on any atom is -0.484 e. The standard InChI is InChI=1S/C18H20INO2/c1-3-13(2)14-8-10-15(11-9-14)22-12-18(21)20-17-7-5-4-6-16(17)19/h4-11,13H,3,12H2,1-2H3,(H,20,21). The van der Waals surface area contributed by atoms with Gasteiger partial charge in [-0.3, -0.25) is 4.79 Å². The van der Waals surface area contributed by atoms with Crippen LogP contribution >= 0.6 is 22.6 Å². The van der Waals surface area contributed by atoms with Gasteiger partial charge in [0.15, 0.2) is 6.61 Å². The summed E-state index contributed by atoms with van der Waals surface area (Å²) in [6.45, 7) is 4.38. The van der Waals surface area contributed by atoms with Gasteiger partial charge in [-0.15, -0.1) is 0 Å². The van der Waals surface area contributed by atoms with Gasteiger partial charge in [-0.05, 0) is 64.8 Å². The van der Waals surface area contributed by atoms with Gasteiger partial charge in [-0.25, -0.2) is 0 Å². The third kappa shape index (κ3) is 4.73. The summed E-state index contributed by atoms with van der Waals surface area (Å²) in [4.78, 5) is 11.9. The zero-order valence-electron chi connectivity index (χ0n) is 12.8. The van der Waals surface area contributed by atoms with Crippen molar-refractivity contribution < 1.29 is 9.53 Å². The van der Waals surface area contributed by atoms with Crippen molar-refractivity contribution in [3.05, 3.63) is 57.7 Å². The molecule has 0 saturated heterocycles. The topological polar surface area (TPSA) is 38.3 Å². The normalized spacial score (nSPS) is 11.8. The summed E-state index contributed by atoms with van der Waals surface area (Å²) in [5, 5.41) is 2.85. The molecular weight excluding hydrogens is 389 g/mol.